The zero-order chi connectivity index (χ0) is 28.6. The van der Waals surface area contributed by atoms with Crippen LogP contribution in [0.3, 0.4) is 0 Å². The smallest absolute Gasteiger partial charge is 0.244 e. The minimum Gasteiger partial charge on any atom is -0.493 e. The van der Waals surface area contributed by atoms with Crippen LogP contribution in [0.4, 0.5) is 5.69 Å². The second-order valence-electron chi connectivity index (χ2n) is 9.14. The fraction of sp³-hybridized carbons (Fsp3) is 0.462. The number of methoxy groups -OCH3 is 2. The summed E-state index contributed by atoms with van der Waals surface area (Å²) in [5.41, 5.74) is 0.852. The number of hydrogen-bond acceptors (Lipinski definition) is 6. The van der Waals surface area contributed by atoms with Crippen molar-refractivity contribution in [2.75, 3.05) is 37.9 Å². The number of anilines is 1. The Hall–Kier alpha value is -2.69. The Kier molecular flexibility index (Phi) is 11.5. The van der Waals surface area contributed by atoms with Crippen molar-refractivity contribution in [2.45, 2.75) is 39.8 Å². The quantitative estimate of drug-likeness (QED) is 0.373. The number of ether oxygens (including phenoxy) is 2. The van der Waals surface area contributed by atoms with Gasteiger partial charge in [-0.2, -0.15) is 0 Å². The first-order chi connectivity index (χ1) is 17.8. The van der Waals surface area contributed by atoms with Gasteiger partial charge in [0.1, 0.15) is 12.6 Å². The molecule has 210 valence electrons. The van der Waals surface area contributed by atoms with E-state index in [2.05, 4.69) is 5.32 Å². The van der Waals surface area contributed by atoms with Crippen molar-refractivity contribution in [3.8, 4) is 11.5 Å². The maximum atomic E-state index is 13.8. The standard InChI is InChI=1S/C26H35Cl2N3O6S/c1-7-22(26(33)29-14-17(2)3)30(15-18-8-10-20(27)21(28)12-18)25(32)16-31(38(6,34)35)19-9-11-23(36-4)24(13-19)37-5/h8-13,17,22H,7,14-16H2,1-6H3,(H,29,33)/t22-/m1/s1. The Morgan fingerprint density at radius 3 is 2.18 bits per heavy atom. The molecule has 2 aromatic carbocycles. The Morgan fingerprint density at radius 2 is 1.66 bits per heavy atom. The van der Waals surface area contributed by atoms with Gasteiger partial charge in [0.25, 0.3) is 0 Å². The van der Waals surface area contributed by atoms with E-state index in [0.29, 0.717) is 40.1 Å². The highest BCUT2D eigenvalue weighted by Gasteiger charge is 2.32. The number of halogens is 2. The molecule has 0 bridgehead atoms. The molecule has 1 N–H and O–H groups in total. The monoisotopic (exact) mass is 587 g/mol. The average Bonchev–Trinajstić information content (AvgIpc) is 2.86. The zero-order valence-corrected chi connectivity index (χ0v) is 24.8. The summed E-state index contributed by atoms with van der Waals surface area (Å²) in [5, 5.41) is 3.53. The second-order valence-corrected chi connectivity index (χ2v) is 11.9. The van der Waals surface area contributed by atoms with Gasteiger partial charge in [-0.1, -0.05) is 50.0 Å². The van der Waals surface area contributed by atoms with Crippen LogP contribution in [0.1, 0.15) is 32.8 Å². The van der Waals surface area contributed by atoms with Gasteiger partial charge in [0.05, 0.1) is 36.2 Å². The van der Waals surface area contributed by atoms with Gasteiger partial charge in [-0.15, -0.1) is 0 Å². The lowest BCUT2D eigenvalue weighted by atomic mass is 10.1. The Labute approximate surface area is 235 Å². The van der Waals surface area contributed by atoms with Crippen molar-refractivity contribution in [3.05, 3.63) is 52.0 Å². The summed E-state index contributed by atoms with van der Waals surface area (Å²) in [5.74, 6) is 0.0271. The van der Waals surface area contributed by atoms with Gasteiger partial charge < -0.3 is 19.7 Å². The van der Waals surface area contributed by atoms with E-state index in [1.807, 2.05) is 13.8 Å². The van der Waals surface area contributed by atoms with E-state index < -0.39 is 28.5 Å². The lowest BCUT2D eigenvalue weighted by Gasteiger charge is -2.33. The number of amides is 2. The highest BCUT2D eigenvalue weighted by atomic mass is 35.5. The zero-order valence-electron chi connectivity index (χ0n) is 22.5. The predicted octanol–water partition coefficient (Wildman–Crippen LogP) is 4.36. The molecule has 0 aromatic heterocycles. The molecular formula is C26H35Cl2N3O6S. The molecule has 38 heavy (non-hydrogen) atoms. The lowest BCUT2D eigenvalue weighted by molar-refractivity contribution is -0.140. The summed E-state index contributed by atoms with van der Waals surface area (Å²) in [7, 11) is -1.01. The van der Waals surface area contributed by atoms with E-state index in [-0.39, 0.29) is 24.1 Å². The van der Waals surface area contributed by atoms with E-state index in [0.717, 1.165) is 10.6 Å². The van der Waals surface area contributed by atoms with Crippen LogP contribution in [0, 0.1) is 5.92 Å². The molecule has 12 heteroatoms. The third-order valence-electron chi connectivity index (χ3n) is 5.74. The number of nitrogens with zero attached hydrogens (tertiary/aromatic N) is 2. The first-order valence-electron chi connectivity index (χ1n) is 12.0. The lowest BCUT2D eigenvalue weighted by Crippen LogP contribution is -2.52. The molecule has 0 aliphatic carbocycles. The van der Waals surface area contributed by atoms with E-state index in [1.54, 1.807) is 31.2 Å². The van der Waals surface area contributed by atoms with Gasteiger partial charge in [-0.05, 0) is 42.2 Å². The largest absolute Gasteiger partial charge is 0.493 e. The van der Waals surface area contributed by atoms with Gasteiger partial charge in [-0.3, -0.25) is 13.9 Å². The third-order valence-corrected chi connectivity index (χ3v) is 7.62. The molecule has 2 amide bonds. The summed E-state index contributed by atoms with van der Waals surface area (Å²) in [4.78, 5) is 28.3. The van der Waals surface area contributed by atoms with E-state index in [9.17, 15) is 18.0 Å². The Bertz CT molecular complexity index is 1240. The summed E-state index contributed by atoms with van der Waals surface area (Å²) >= 11 is 12.2. The molecule has 2 rings (SSSR count). The van der Waals surface area contributed by atoms with E-state index in [1.165, 1.54) is 31.3 Å². The maximum absolute atomic E-state index is 13.8. The van der Waals surface area contributed by atoms with Crippen molar-refractivity contribution in [3.63, 3.8) is 0 Å². The molecule has 0 spiro atoms. The molecule has 9 nitrogen and oxygen atoms in total. The number of hydrogen-bond donors (Lipinski definition) is 1. The molecule has 2 aromatic rings. The van der Waals surface area contributed by atoms with Crippen LogP contribution in [-0.2, 0) is 26.2 Å². The molecule has 0 aliphatic heterocycles. The Morgan fingerprint density at radius 1 is 1.00 bits per heavy atom. The fourth-order valence-corrected chi connectivity index (χ4v) is 4.93. The minimum absolute atomic E-state index is 0.0207. The van der Waals surface area contributed by atoms with Crippen molar-refractivity contribution in [1.29, 1.82) is 0 Å². The number of nitrogens with one attached hydrogen (secondary N) is 1. The summed E-state index contributed by atoms with van der Waals surface area (Å²) < 4.78 is 37.1. The van der Waals surface area contributed by atoms with Gasteiger partial charge in [0.2, 0.25) is 21.8 Å². The number of carbonyl (C=O) groups excluding carboxylic acids is 2. The van der Waals surface area contributed by atoms with Crippen LogP contribution < -0.4 is 19.1 Å². The SMILES string of the molecule is CC[C@H](C(=O)NCC(C)C)N(Cc1ccc(Cl)c(Cl)c1)C(=O)CN(c1ccc(OC)c(OC)c1)S(C)(=O)=O. The van der Waals surface area contributed by atoms with Crippen LogP contribution in [0.25, 0.3) is 0 Å². The summed E-state index contributed by atoms with van der Waals surface area (Å²) in [6, 6.07) is 8.63. The average molecular weight is 589 g/mol. The normalized spacial score (nSPS) is 12.1. The van der Waals surface area contributed by atoms with Crippen LogP contribution >= 0.6 is 23.2 Å². The number of sulfonamides is 1. The van der Waals surface area contributed by atoms with Gasteiger partial charge >= 0.3 is 0 Å². The highest BCUT2D eigenvalue weighted by Crippen LogP contribution is 2.32. The van der Waals surface area contributed by atoms with Gasteiger partial charge in [-0.25, -0.2) is 8.42 Å². The predicted molar refractivity (Wildman–Crippen MR) is 151 cm³/mol. The van der Waals surface area contributed by atoms with Crippen LogP contribution in [0.2, 0.25) is 10.0 Å². The van der Waals surface area contributed by atoms with Crippen molar-refractivity contribution in [1.82, 2.24) is 10.2 Å². The maximum Gasteiger partial charge on any atom is 0.244 e. The molecule has 0 aliphatic rings. The first-order valence-corrected chi connectivity index (χ1v) is 14.6. The van der Waals surface area contributed by atoms with Crippen LogP contribution in [-0.4, -0.2) is 64.7 Å². The van der Waals surface area contributed by atoms with Crippen LogP contribution in [0.5, 0.6) is 11.5 Å². The molecule has 0 unspecified atom stereocenters. The molecule has 0 radical (unpaired) electrons. The van der Waals surface area contributed by atoms with E-state index >= 15 is 0 Å². The number of benzene rings is 2. The topological polar surface area (TPSA) is 105 Å². The number of carbonyl (C=O) groups is 2. The number of rotatable bonds is 13. The van der Waals surface area contributed by atoms with Gasteiger partial charge in [0.15, 0.2) is 11.5 Å². The highest BCUT2D eigenvalue weighted by molar-refractivity contribution is 7.92. The van der Waals surface area contributed by atoms with Crippen molar-refractivity contribution >= 4 is 50.7 Å². The molecule has 0 saturated heterocycles. The summed E-state index contributed by atoms with van der Waals surface area (Å²) in [6.45, 7) is 5.64. The second kappa shape index (κ2) is 13.9. The Balaban J connectivity index is 2.49. The third kappa shape index (κ3) is 8.41. The molecule has 0 saturated carbocycles. The van der Waals surface area contributed by atoms with Gasteiger partial charge in [0, 0.05) is 19.2 Å². The van der Waals surface area contributed by atoms with Crippen molar-refractivity contribution in [2.24, 2.45) is 5.92 Å². The molecule has 0 fully saturated rings. The van der Waals surface area contributed by atoms with E-state index in [4.69, 9.17) is 32.7 Å². The summed E-state index contributed by atoms with van der Waals surface area (Å²) in [6.07, 6.45) is 1.32. The van der Waals surface area contributed by atoms with Crippen molar-refractivity contribution < 1.29 is 27.5 Å². The first kappa shape index (κ1) is 31.5. The minimum atomic E-state index is -3.90. The molecular weight excluding hydrogens is 553 g/mol. The fourth-order valence-electron chi connectivity index (χ4n) is 3.77. The molecule has 0 heterocycles. The molecule has 1 atom stereocenters. The van der Waals surface area contributed by atoms with Crippen LogP contribution in [0.15, 0.2) is 36.4 Å².